The predicted molar refractivity (Wildman–Crippen MR) is 99.1 cm³/mol. The zero-order valence-electron chi connectivity index (χ0n) is 14.5. The second-order valence-corrected chi connectivity index (χ2v) is 5.71. The van der Waals surface area contributed by atoms with Crippen LogP contribution in [0.5, 0.6) is 0 Å². The van der Waals surface area contributed by atoms with E-state index in [1.165, 1.54) is 97.1 Å². The van der Waals surface area contributed by atoms with Crippen LogP contribution in [0, 0.1) is 0 Å². The average molecular weight is 401 g/mol. The summed E-state index contributed by atoms with van der Waals surface area (Å²) in [6, 6.07) is 0. The van der Waals surface area contributed by atoms with Gasteiger partial charge in [0, 0.05) is 5.97 Å². The monoisotopic (exact) mass is 400 g/mol. The number of rotatable bonds is 15. The normalized spacial score (nSPS) is 10.5. The van der Waals surface area contributed by atoms with Gasteiger partial charge in [-0.3, -0.25) is 0 Å². The number of carboxylic acids is 1. The third-order valence-electron chi connectivity index (χ3n) is 3.64. The Bertz CT molecular complexity index is 245. The van der Waals surface area contributed by atoms with Gasteiger partial charge < -0.3 is 9.90 Å². The Kier molecular flexibility index (Phi) is 27.7. The Morgan fingerprint density at radius 1 is 0.818 bits per heavy atom. The minimum atomic E-state index is -0.914. The quantitative estimate of drug-likeness (QED) is 0.214. The summed E-state index contributed by atoms with van der Waals surface area (Å²) in [6.07, 6.45) is 20.9. The standard InChI is InChI=1S/C18H34O2.BrH.Ca/c1-2-3-4-5-6-7-8-9-10-11-12-13-14-15-16-17-18(19)20;;/h9-10H,2-8,11-17H2,1H3,(H,19,20);1H;/q;;+2/p-2/b10-9-;;. The third kappa shape index (κ3) is 25.9. The molecule has 0 bridgehead atoms. The van der Waals surface area contributed by atoms with Crippen molar-refractivity contribution in [2.75, 3.05) is 0 Å². The van der Waals surface area contributed by atoms with E-state index in [0.29, 0.717) is 0 Å². The van der Waals surface area contributed by atoms with Gasteiger partial charge in [-0.05, 0) is 38.5 Å². The van der Waals surface area contributed by atoms with E-state index in [1.807, 2.05) is 0 Å². The van der Waals surface area contributed by atoms with Gasteiger partial charge in [-0.25, -0.2) is 0 Å². The number of allylic oxidation sites excluding steroid dienone is 2. The molecule has 22 heavy (non-hydrogen) atoms. The molecule has 0 aliphatic rings. The fraction of sp³-hybridized carbons (Fsp3) is 0.833. The molecule has 0 unspecified atom stereocenters. The SMILES string of the molecule is CCCCCCCC/C=C\CCCCCCCC(=O)[O-].[Ca+][Br]. The van der Waals surface area contributed by atoms with Crippen molar-refractivity contribution >= 4 is 48.5 Å². The van der Waals surface area contributed by atoms with Crippen molar-refractivity contribution in [3.05, 3.63) is 12.2 Å². The summed E-state index contributed by atoms with van der Waals surface area (Å²) in [7, 11) is 3.06. The molecule has 126 valence electrons. The van der Waals surface area contributed by atoms with E-state index in [0.717, 1.165) is 19.3 Å². The average Bonchev–Trinajstić information content (AvgIpc) is 2.53. The van der Waals surface area contributed by atoms with Crippen molar-refractivity contribution in [2.24, 2.45) is 0 Å². The van der Waals surface area contributed by atoms with Crippen LogP contribution < -0.4 is 5.11 Å². The van der Waals surface area contributed by atoms with Gasteiger partial charge in [0.15, 0.2) is 0 Å². The first kappa shape index (κ1) is 25.2. The first-order valence-electron chi connectivity index (χ1n) is 8.89. The molecule has 0 saturated heterocycles. The van der Waals surface area contributed by atoms with Crippen LogP contribution in [-0.4, -0.2) is 38.8 Å². The summed E-state index contributed by atoms with van der Waals surface area (Å²) < 4.78 is 0. The van der Waals surface area contributed by atoms with E-state index < -0.39 is 5.97 Å². The summed E-state index contributed by atoms with van der Waals surface area (Å²) in [5.74, 6) is -0.914. The van der Waals surface area contributed by atoms with Gasteiger partial charge in [0.25, 0.3) is 0 Å². The van der Waals surface area contributed by atoms with Crippen LogP contribution in [0.1, 0.15) is 96.8 Å². The molecule has 0 aliphatic heterocycles. The van der Waals surface area contributed by atoms with Gasteiger partial charge in [-0.1, -0.05) is 70.4 Å². The second-order valence-electron chi connectivity index (χ2n) is 5.71. The molecule has 4 heteroatoms. The molecule has 0 atom stereocenters. The number of halogens is 1. The van der Waals surface area contributed by atoms with Crippen molar-refractivity contribution in [2.45, 2.75) is 96.8 Å². The fourth-order valence-electron chi connectivity index (χ4n) is 2.34. The van der Waals surface area contributed by atoms with Crippen LogP contribution in [0.15, 0.2) is 12.2 Å². The van der Waals surface area contributed by atoms with Gasteiger partial charge in [0.05, 0.1) is 0 Å². The molecule has 0 aliphatic carbocycles. The number of unbranched alkanes of at least 4 members (excludes halogenated alkanes) is 11. The Labute approximate surface area is 166 Å². The van der Waals surface area contributed by atoms with Crippen molar-refractivity contribution < 1.29 is 9.90 Å². The number of carbonyl (C=O) groups excluding carboxylic acids is 1. The Hall–Kier alpha value is 0.950. The zero-order valence-corrected chi connectivity index (χ0v) is 18.3. The van der Waals surface area contributed by atoms with E-state index in [2.05, 4.69) is 28.8 Å². The number of aliphatic carboxylic acids is 1. The molecule has 2 nitrogen and oxygen atoms in total. The molecule has 0 heterocycles. The Morgan fingerprint density at radius 2 is 1.23 bits per heavy atom. The zero-order chi connectivity index (χ0) is 16.9. The van der Waals surface area contributed by atoms with Crippen LogP contribution in [0.2, 0.25) is 0 Å². The van der Waals surface area contributed by atoms with Crippen molar-refractivity contribution in [1.82, 2.24) is 0 Å². The molecule has 0 saturated carbocycles. The molecule has 0 aromatic carbocycles. The third-order valence-corrected chi connectivity index (χ3v) is 3.64. The molecular formula is C18H33BrCaO2. The van der Waals surface area contributed by atoms with Crippen LogP contribution in [-0.2, 0) is 4.79 Å². The van der Waals surface area contributed by atoms with E-state index in [-0.39, 0.29) is 6.42 Å². The molecule has 0 N–H and O–H groups in total. The number of hydrogen-bond donors (Lipinski definition) is 0. The maximum atomic E-state index is 10.2. The van der Waals surface area contributed by atoms with Crippen LogP contribution in [0.4, 0.5) is 0 Å². The second kappa shape index (κ2) is 24.2. The first-order chi connectivity index (χ1) is 10.8. The molecule has 0 amide bonds. The van der Waals surface area contributed by atoms with E-state index in [1.54, 1.807) is 0 Å². The van der Waals surface area contributed by atoms with E-state index in [4.69, 9.17) is 0 Å². The number of hydrogen-bond acceptors (Lipinski definition) is 2. The van der Waals surface area contributed by atoms with Gasteiger partial charge >= 0.3 is 42.6 Å². The fourth-order valence-corrected chi connectivity index (χ4v) is 2.34. The van der Waals surface area contributed by atoms with Crippen molar-refractivity contribution in [1.29, 1.82) is 0 Å². The van der Waals surface area contributed by atoms with Gasteiger partial charge in [0.2, 0.25) is 0 Å². The van der Waals surface area contributed by atoms with Crippen LogP contribution in [0.3, 0.4) is 0 Å². The maximum absolute atomic E-state index is 10.2. The topological polar surface area (TPSA) is 40.1 Å². The van der Waals surface area contributed by atoms with Crippen molar-refractivity contribution in [3.8, 4) is 0 Å². The molecule has 0 radical (unpaired) electrons. The van der Waals surface area contributed by atoms with Crippen molar-refractivity contribution in [3.63, 3.8) is 0 Å². The molecule has 0 aromatic rings. The summed E-state index contributed by atoms with van der Waals surface area (Å²) in [5.41, 5.74) is 0. The molecule has 0 fully saturated rings. The summed E-state index contributed by atoms with van der Waals surface area (Å²) in [5, 5.41) is 10.2. The predicted octanol–water partition coefficient (Wildman–Crippen LogP) is 5.24. The summed E-state index contributed by atoms with van der Waals surface area (Å²) in [6.45, 7) is 2.26. The van der Waals surface area contributed by atoms with Crippen LogP contribution >= 0.6 is 9.70 Å². The summed E-state index contributed by atoms with van der Waals surface area (Å²) >= 11 is 1.19. The minimum absolute atomic E-state index is 0.220. The number of carboxylic acid groups (broad SMARTS) is 1. The van der Waals surface area contributed by atoms with Crippen LogP contribution in [0.25, 0.3) is 0 Å². The molecular weight excluding hydrogens is 368 g/mol. The number of carbonyl (C=O) groups is 1. The van der Waals surface area contributed by atoms with E-state index >= 15 is 0 Å². The van der Waals surface area contributed by atoms with Gasteiger partial charge in [-0.15, -0.1) is 0 Å². The summed E-state index contributed by atoms with van der Waals surface area (Å²) in [4.78, 5) is 10.2. The first-order valence-corrected chi connectivity index (χ1v) is 14.3. The molecule has 0 aromatic heterocycles. The van der Waals surface area contributed by atoms with E-state index in [9.17, 15) is 9.90 Å². The molecule has 0 spiro atoms. The Morgan fingerprint density at radius 3 is 1.68 bits per heavy atom. The molecule has 0 rings (SSSR count). The van der Waals surface area contributed by atoms with Gasteiger partial charge in [0.1, 0.15) is 0 Å². The Balaban J connectivity index is 0. The van der Waals surface area contributed by atoms with Gasteiger partial charge in [-0.2, -0.15) is 0 Å².